The van der Waals surface area contributed by atoms with Gasteiger partial charge in [0.25, 0.3) is 0 Å². The molecule has 6 heteroatoms. The van der Waals surface area contributed by atoms with E-state index in [1.165, 1.54) is 29.1 Å². The van der Waals surface area contributed by atoms with Crippen LogP contribution in [0.2, 0.25) is 0 Å². The van der Waals surface area contributed by atoms with Crippen molar-refractivity contribution in [1.82, 2.24) is 4.57 Å². The zero-order valence-electron chi connectivity index (χ0n) is 9.11. The Balaban J connectivity index is 2.18. The number of halogens is 3. The number of carbonyl (C=O) groups excluding carboxylic acids is 1. The molecule has 1 amide bonds. The highest BCUT2D eigenvalue weighted by molar-refractivity contribution is 5.91. The van der Waals surface area contributed by atoms with Gasteiger partial charge in [0.15, 0.2) is 0 Å². The summed E-state index contributed by atoms with van der Waals surface area (Å²) in [5, 5.41) is 2.38. The minimum absolute atomic E-state index is 0.100. The van der Waals surface area contributed by atoms with Crippen LogP contribution in [0.4, 0.5) is 23.7 Å². The highest BCUT2D eigenvalue weighted by Crippen LogP contribution is 2.30. The fourth-order valence-electron chi connectivity index (χ4n) is 1.43. The van der Waals surface area contributed by atoms with Gasteiger partial charge in [0.1, 0.15) is 0 Å². The molecule has 1 aromatic heterocycles. The number of nitrogens with one attached hydrogen (secondary N) is 1. The fourth-order valence-corrected chi connectivity index (χ4v) is 1.43. The Morgan fingerprint density at radius 3 is 2.39 bits per heavy atom. The second kappa shape index (κ2) is 4.56. The number of alkyl halides is 3. The first-order chi connectivity index (χ1) is 8.47. The highest BCUT2D eigenvalue weighted by Gasteiger charge is 2.30. The summed E-state index contributed by atoms with van der Waals surface area (Å²) < 4.78 is 38.6. The van der Waals surface area contributed by atoms with Crippen molar-refractivity contribution in [2.75, 3.05) is 5.32 Å². The number of rotatable bonds is 1. The molecule has 3 nitrogen and oxygen atoms in total. The summed E-state index contributed by atoms with van der Waals surface area (Å²) in [5.41, 5.74) is -0.698. The number of hydrogen-bond acceptors (Lipinski definition) is 1. The lowest BCUT2D eigenvalue weighted by atomic mass is 10.2. The average Bonchev–Trinajstić information content (AvgIpc) is 2.81. The van der Waals surface area contributed by atoms with Crippen LogP contribution < -0.4 is 5.32 Å². The third-order valence-corrected chi connectivity index (χ3v) is 2.28. The van der Waals surface area contributed by atoms with E-state index in [-0.39, 0.29) is 5.69 Å². The normalized spacial score (nSPS) is 11.3. The van der Waals surface area contributed by atoms with Crippen molar-refractivity contribution in [3.8, 4) is 0 Å². The lowest BCUT2D eigenvalue weighted by molar-refractivity contribution is -0.137. The molecule has 0 spiro atoms. The number of carbonyl (C=O) groups is 1. The maximum absolute atomic E-state index is 12.5. The molecule has 0 saturated carbocycles. The standard InChI is InChI=1S/C12H9F3N2O/c13-12(14,15)9-4-3-5-10(8-9)16-11(18)17-6-1-2-7-17/h1-8H,(H,16,18). The molecule has 0 atom stereocenters. The van der Waals surface area contributed by atoms with Crippen LogP contribution >= 0.6 is 0 Å². The van der Waals surface area contributed by atoms with E-state index in [2.05, 4.69) is 5.32 Å². The van der Waals surface area contributed by atoms with E-state index in [0.717, 1.165) is 12.1 Å². The first-order valence-corrected chi connectivity index (χ1v) is 5.08. The molecule has 2 aromatic rings. The first kappa shape index (κ1) is 12.2. The Morgan fingerprint density at radius 1 is 1.11 bits per heavy atom. The first-order valence-electron chi connectivity index (χ1n) is 5.08. The van der Waals surface area contributed by atoms with Crippen LogP contribution in [-0.2, 0) is 6.18 Å². The Bertz CT molecular complexity index is 547. The molecule has 94 valence electrons. The quantitative estimate of drug-likeness (QED) is 0.829. The van der Waals surface area contributed by atoms with Gasteiger partial charge in [-0.1, -0.05) is 6.07 Å². The summed E-state index contributed by atoms with van der Waals surface area (Å²) in [7, 11) is 0. The Labute approximate surface area is 101 Å². The zero-order chi connectivity index (χ0) is 13.2. The third kappa shape index (κ3) is 2.71. The van der Waals surface area contributed by atoms with Gasteiger partial charge in [-0.05, 0) is 30.3 Å². The van der Waals surface area contributed by atoms with Gasteiger partial charge in [0.2, 0.25) is 0 Å². The van der Waals surface area contributed by atoms with Gasteiger partial charge < -0.3 is 5.32 Å². The van der Waals surface area contributed by atoms with E-state index in [1.54, 1.807) is 12.1 Å². The van der Waals surface area contributed by atoms with Crippen molar-refractivity contribution in [3.05, 3.63) is 54.4 Å². The van der Waals surface area contributed by atoms with Crippen LogP contribution in [0.1, 0.15) is 5.56 Å². The summed E-state index contributed by atoms with van der Waals surface area (Å²) in [6.45, 7) is 0. The maximum atomic E-state index is 12.5. The van der Waals surface area contributed by atoms with E-state index < -0.39 is 17.8 Å². The average molecular weight is 254 g/mol. The van der Waals surface area contributed by atoms with E-state index in [1.807, 2.05) is 0 Å². The highest BCUT2D eigenvalue weighted by atomic mass is 19.4. The van der Waals surface area contributed by atoms with Crippen molar-refractivity contribution in [2.24, 2.45) is 0 Å². The molecule has 0 aliphatic heterocycles. The number of aromatic nitrogens is 1. The summed E-state index contributed by atoms with van der Waals surface area (Å²) in [4.78, 5) is 11.6. The van der Waals surface area contributed by atoms with Crippen LogP contribution in [0, 0.1) is 0 Å². The van der Waals surface area contributed by atoms with Crippen LogP contribution in [0.15, 0.2) is 48.8 Å². The number of anilines is 1. The van der Waals surface area contributed by atoms with Crippen LogP contribution in [0.5, 0.6) is 0 Å². The molecular weight excluding hydrogens is 245 g/mol. The van der Waals surface area contributed by atoms with E-state index >= 15 is 0 Å². The van der Waals surface area contributed by atoms with Crippen molar-refractivity contribution in [1.29, 1.82) is 0 Å². The predicted octanol–water partition coefficient (Wildman–Crippen LogP) is 3.59. The molecule has 0 aliphatic rings. The van der Waals surface area contributed by atoms with E-state index in [0.29, 0.717) is 0 Å². The predicted molar refractivity (Wildman–Crippen MR) is 60.3 cm³/mol. The molecule has 1 aromatic carbocycles. The van der Waals surface area contributed by atoms with Gasteiger partial charge >= 0.3 is 12.2 Å². The van der Waals surface area contributed by atoms with Gasteiger partial charge in [-0.2, -0.15) is 13.2 Å². The number of benzene rings is 1. The number of hydrogen-bond donors (Lipinski definition) is 1. The van der Waals surface area contributed by atoms with Crippen LogP contribution in [0.3, 0.4) is 0 Å². The van der Waals surface area contributed by atoms with Crippen molar-refractivity contribution in [2.45, 2.75) is 6.18 Å². The van der Waals surface area contributed by atoms with Crippen LogP contribution in [-0.4, -0.2) is 10.6 Å². The maximum Gasteiger partial charge on any atom is 0.416 e. The molecule has 0 fully saturated rings. The summed E-state index contributed by atoms with van der Waals surface area (Å²) in [5.74, 6) is 0. The minimum atomic E-state index is -4.42. The molecule has 0 unspecified atom stereocenters. The topological polar surface area (TPSA) is 34.0 Å². The Kier molecular flexibility index (Phi) is 3.10. The van der Waals surface area contributed by atoms with E-state index in [9.17, 15) is 18.0 Å². The number of nitrogens with zero attached hydrogens (tertiary/aromatic N) is 1. The molecule has 1 N–H and O–H groups in total. The number of amides is 1. The lowest BCUT2D eigenvalue weighted by Crippen LogP contribution is -2.18. The molecule has 2 rings (SSSR count). The van der Waals surface area contributed by atoms with Crippen LogP contribution in [0.25, 0.3) is 0 Å². The second-order valence-electron chi connectivity index (χ2n) is 3.60. The van der Waals surface area contributed by atoms with Crippen molar-refractivity contribution >= 4 is 11.7 Å². The minimum Gasteiger partial charge on any atom is -0.307 e. The second-order valence-corrected chi connectivity index (χ2v) is 3.60. The summed E-state index contributed by atoms with van der Waals surface area (Å²) in [6.07, 6.45) is -1.42. The summed E-state index contributed by atoms with van der Waals surface area (Å²) in [6, 6.07) is 7.26. The molecule has 0 aliphatic carbocycles. The lowest BCUT2D eigenvalue weighted by Gasteiger charge is -2.10. The van der Waals surface area contributed by atoms with Gasteiger partial charge in [0, 0.05) is 18.1 Å². The largest absolute Gasteiger partial charge is 0.416 e. The van der Waals surface area contributed by atoms with Gasteiger partial charge in [-0.15, -0.1) is 0 Å². The molecule has 0 radical (unpaired) electrons. The smallest absolute Gasteiger partial charge is 0.307 e. The molecule has 0 saturated heterocycles. The summed E-state index contributed by atoms with van der Waals surface area (Å²) >= 11 is 0. The van der Waals surface area contributed by atoms with E-state index in [4.69, 9.17) is 0 Å². The van der Waals surface area contributed by atoms with Gasteiger partial charge in [-0.25, -0.2) is 4.79 Å². The van der Waals surface area contributed by atoms with Gasteiger partial charge in [0.05, 0.1) is 5.56 Å². The molecule has 0 bridgehead atoms. The Morgan fingerprint density at radius 2 is 1.78 bits per heavy atom. The van der Waals surface area contributed by atoms with Crippen molar-refractivity contribution in [3.63, 3.8) is 0 Å². The molecule has 1 heterocycles. The SMILES string of the molecule is O=C(Nc1cccc(C(F)(F)F)c1)n1cccc1. The third-order valence-electron chi connectivity index (χ3n) is 2.28. The zero-order valence-corrected chi connectivity index (χ0v) is 9.11. The van der Waals surface area contributed by atoms with Crippen molar-refractivity contribution < 1.29 is 18.0 Å². The fraction of sp³-hybridized carbons (Fsp3) is 0.0833. The molecular formula is C12H9F3N2O. The molecule has 18 heavy (non-hydrogen) atoms. The Hall–Kier alpha value is -2.24. The van der Waals surface area contributed by atoms with Gasteiger partial charge in [-0.3, -0.25) is 4.57 Å². The monoisotopic (exact) mass is 254 g/mol.